The third-order valence-electron chi connectivity index (χ3n) is 3.03. The molecule has 0 aliphatic heterocycles. The molecule has 0 aliphatic rings. The Hall–Kier alpha value is -2.69. The van der Waals surface area contributed by atoms with E-state index in [4.69, 9.17) is 4.74 Å². The first kappa shape index (κ1) is 14.7. The molecule has 0 spiro atoms. The van der Waals surface area contributed by atoms with Gasteiger partial charge in [-0.25, -0.2) is 9.78 Å². The number of nitrogens with zero attached hydrogens (tertiary/aromatic N) is 1. The maximum Gasteiger partial charge on any atom is 0.357 e. The molecule has 0 N–H and O–H groups in total. The normalized spacial score (nSPS) is 10.0. The number of methoxy groups -OCH3 is 2. The van der Waals surface area contributed by atoms with Crippen LogP contribution < -0.4 is 4.74 Å². The van der Waals surface area contributed by atoms with E-state index in [1.807, 2.05) is 13.0 Å². The zero-order chi connectivity index (χ0) is 15.4. The van der Waals surface area contributed by atoms with Gasteiger partial charge in [-0.05, 0) is 36.8 Å². The van der Waals surface area contributed by atoms with Gasteiger partial charge >= 0.3 is 5.97 Å². The lowest BCUT2D eigenvalue weighted by atomic mass is 10.00. The quantitative estimate of drug-likeness (QED) is 0.637. The number of benzene rings is 1. The molecule has 0 unspecified atom stereocenters. The summed E-state index contributed by atoms with van der Waals surface area (Å²) in [5, 5.41) is 0. The number of ether oxygens (including phenoxy) is 2. The highest BCUT2D eigenvalue weighted by Gasteiger charge is 2.22. The molecule has 0 bridgehead atoms. The zero-order valence-electron chi connectivity index (χ0n) is 12.0. The number of ketones is 1. The average Bonchev–Trinajstić information content (AvgIpc) is 2.53. The van der Waals surface area contributed by atoms with Crippen LogP contribution in [0.2, 0.25) is 0 Å². The van der Waals surface area contributed by atoms with E-state index in [9.17, 15) is 9.59 Å². The summed E-state index contributed by atoms with van der Waals surface area (Å²) >= 11 is 0. The number of esters is 1. The Morgan fingerprint density at radius 1 is 1.10 bits per heavy atom. The van der Waals surface area contributed by atoms with Crippen LogP contribution in [-0.2, 0) is 4.74 Å². The third-order valence-corrected chi connectivity index (χ3v) is 3.03. The van der Waals surface area contributed by atoms with Crippen molar-refractivity contribution in [3.63, 3.8) is 0 Å². The minimum atomic E-state index is -0.648. The number of aryl methyl sites for hydroxylation is 1. The maximum absolute atomic E-state index is 12.7. The van der Waals surface area contributed by atoms with Crippen LogP contribution in [0.1, 0.15) is 32.0 Å². The molecule has 0 saturated heterocycles. The molecule has 2 rings (SSSR count). The Kier molecular flexibility index (Phi) is 4.33. The Morgan fingerprint density at radius 2 is 1.86 bits per heavy atom. The van der Waals surface area contributed by atoms with Crippen LogP contribution in [0.4, 0.5) is 0 Å². The van der Waals surface area contributed by atoms with Crippen molar-refractivity contribution >= 4 is 11.8 Å². The molecule has 2 aromatic rings. The molecule has 0 saturated carbocycles. The Labute approximate surface area is 122 Å². The molecule has 1 heterocycles. The summed E-state index contributed by atoms with van der Waals surface area (Å²) in [6, 6.07) is 8.39. The average molecular weight is 285 g/mol. The molecule has 5 heteroatoms. The van der Waals surface area contributed by atoms with Crippen LogP contribution >= 0.6 is 0 Å². The topological polar surface area (TPSA) is 65.5 Å². The molecule has 1 aromatic heterocycles. The van der Waals surface area contributed by atoms with Crippen molar-refractivity contribution in [2.75, 3.05) is 14.2 Å². The van der Waals surface area contributed by atoms with Gasteiger partial charge in [-0.2, -0.15) is 0 Å². The second-order valence-corrected chi connectivity index (χ2v) is 4.42. The van der Waals surface area contributed by atoms with Crippen LogP contribution in [0.15, 0.2) is 36.5 Å². The zero-order valence-corrected chi connectivity index (χ0v) is 12.0. The van der Waals surface area contributed by atoms with Crippen LogP contribution in [0.5, 0.6) is 5.75 Å². The molecular weight excluding hydrogens is 270 g/mol. The number of hydrogen-bond acceptors (Lipinski definition) is 5. The van der Waals surface area contributed by atoms with Gasteiger partial charge in [0.1, 0.15) is 5.75 Å². The number of pyridine rings is 1. The summed E-state index contributed by atoms with van der Waals surface area (Å²) in [7, 11) is 2.74. The standard InChI is InChI=1S/C16H15NO4/c1-10-6-7-11(13(9-10)20-2)15(18)12-5-4-8-17-14(12)16(19)21-3/h4-9H,1-3H3. The summed E-state index contributed by atoms with van der Waals surface area (Å²) in [6.07, 6.45) is 1.44. The van der Waals surface area contributed by atoms with Crippen molar-refractivity contribution in [3.05, 3.63) is 58.9 Å². The first-order chi connectivity index (χ1) is 10.1. The number of carbonyl (C=O) groups excluding carboxylic acids is 2. The van der Waals surface area contributed by atoms with E-state index in [1.165, 1.54) is 20.4 Å². The van der Waals surface area contributed by atoms with E-state index in [-0.39, 0.29) is 17.0 Å². The molecule has 21 heavy (non-hydrogen) atoms. The summed E-state index contributed by atoms with van der Waals surface area (Å²) < 4.78 is 9.89. The van der Waals surface area contributed by atoms with Crippen LogP contribution in [0, 0.1) is 6.92 Å². The highest BCUT2D eigenvalue weighted by Crippen LogP contribution is 2.24. The van der Waals surface area contributed by atoms with Gasteiger partial charge in [0.25, 0.3) is 0 Å². The van der Waals surface area contributed by atoms with E-state index < -0.39 is 5.97 Å². The number of carbonyl (C=O) groups is 2. The van der Waals surface area contributed by atoms with Crippen LogP contribution in [-0.4, -0.2) is 31.0 Å². The van der Waals surface area contributed by atoms with E-state index in [0.29, 0.717) is 11.3 Å². The molecule has 108 valence electrons. The van der Waals surface area contributed by atoms with E-state index in [0.717, 1.165) is 5.56 Å². The van der Waals surface area contributed by atoms with Gasteiger partial charge < -0.3 is 9.47 Å². The van der Waals surface area contributed by atoms with E-state index in [2.05, 4.69) is 9.72 Å². The van der Waals surface area contributed by atoms with Gasteiger partial charge in [0, 0.05) is 6.20 Å². The molecule has 0 amide bonds. The lowest BCUT2D eigenvalue weighted by molar-refractivity contribution is 0.0590. The number of hydrogen-bond donors (Lipinski definition) is 0. The van der Waals surface area contributed by atoms with Crippen molar-refractivity contribution in [2.24, 2.45) is 0 Å². The predicted octanol–water partition coefficient (Wildman–Crippen LogP) is 2.42. The number of aromatic nitrogens is 1. The van der Waals surface area contributed by atoms with E-state index >= 15 is 0 Å². The van der Waals surface area contributed by atoms with Gasteiger partial charge in [-0.15, -0.1) is 0 Å². The summed E-state index contributed by atoms with van der Waals surface area (Å²) in [5.41, 5.74) is 1.53. The predicted molar refractivity (Wildman–Crippen MR) is 76.7 cm³/mol. The molecule has 0 radical (unpaired) electrons. The first-order valence-electron chi connectivity index (χ1n) is 6.31. The van der Waals surface area contributed by atoms with Gasteiger partial charge in [-0.1, -0.05) is 6.07 Å². The lowest BCUT2D eigenvalue weighted by Gasteiger charge is -2.10. The highest BCUT2D eigenvalue weighted by atomic mass is 16.5. The van der Waals surface area contributed by atoms with Crippen molar-refractivity contribution in [2.45, 2.75) is 6.92 Å². The Morgan fingerprint density at radius 3 is 2.52 bits per heavy atom. The summed E-state index contributed by atoms with van der Waals surface area (Å²) in [4.78, 5) is 28.3. The minimum absolute atomic E-state index is 0.00683. The molecular formula is C16H15NO4. The van der Waals surface area contributed by atoms with Gasteiger partial charge in [0.05, 0.1) is 25.3 Å². The Balaban J connectivity index is 2.53. The second kappa shape index (κ2) is 6.17. The fourth-order valence-corrected chi connectivity index (χ4v) is 1.98. The van der Waals surface area contributed by atoms with Crippen molar-refractivity contribution in [1.29, 1.82) is 0 Å². The molecule has 5 nitrogen and oxygen atoms in total. The highest BCUT2D eigenvalue weighted by molar-refractivity contribution is 6.15. The first-order valence-corrected chi connectivity index (χ1v) is 6.31. The van der Waals surface area contributed by atoms with Gasteiger partial charge in [0.2, 0.25) is 0 Å². The summed E-state index contributed by atoms with van der Waals surface area (Å²) in [6.45, 7) is 1.90. The molecule has 0 aliphatic carbocycles. The van der Waals surface area contributed by atoms with Gasteiger partial charge in [-0.3, -0.25) is 4.79 Å². The second-order valence-electron chi connectivity index (χ2n) is 4.42. The van der Waals surface area contributed by atoms with Crippen LogP contribution in [0.3, 0.4) is 0 Å². The van der Waals surface area contributed by atoms with Gasteiger partial charge in [0.15, 0.2) is 11.5 Å². The van der Waals surface area contributed by atoms with Crippen LogP contribution in [0.25, 0.3) is 0 Å². The smallest absolute Gasteiger partial charge is 0.357 e. The van der Waals surface area contributed by atoms with Crippen molar-refractivity contribution in [1.82, 2.24) is 4.98 Å². The van der Waals surface area contributed by atoms with E-state index in [1.54, 1.807) is 24.3 Å². The fraction of sp³-hybridized carbons (Fsp3) is 0.188. The summed E-state index contributed by atoms with van der Waals surface area (Å²) in [5.74, 6) is -0.523. The Bertz CT molecular complexity index is 694. The monoisotopic (exact) mass is 285 g/mol. The SMILES string of the molecule is COC(=O)c1ncccc1C(=O)c1ccc(C)cc1OC. The largest absolute Gasteiger partial charge is 0.496 e. The molecule has 1 aromatic carbocycles. The molecule has 0 atom stereocenters. The van der Waals surface area contributed by atoms with Crippen molar-refractivity contribution in [3.8, 4) is 5.75 Å². The fourth-order valence-electron chi connectivity index (χ4n) is 1.98. The third kappa shape index (κ3) is 2.91. The lowest BCUT2D eigenvalue weighted by Crippen LogP contribution is -2.14. The maximum atomic E-state index is 12.7. The molecule has 0 fully saturated rings. The minimum Gasteiger partial charge on any atom is -0.496 e. The number of rotatable bonds is 4. The van der Waals surface area contributed by atoms with Crippen molar-refractivity contribution < 1.29 is 19.1 Å².